The van der Waals surface area contributed by atoms with Crippen molar-refractivity contribution in [3.05, 3.63) is 59.2 Å². The van der Waals surface area contributed by atoms with Crippen molar-refractivity contribution in [2.24, 2.45) is 4.99 Å². The first-order chi connectivity index (χ1) is 16.7. The van der Waals surface area contributed by atoms with Gasteiger partial charge in [-0.25, -0.2) is 4.79 Å². The average molecular weight is 477 g/mol. The number of benzodiazepines with no additional fused rings is 1. The highest BCUT2D eigenvalue weighted by Crippen LogP contribution is 2.29. The number of fused-ring (bicyclic) bond motifs is 1. The molecule has 2 heterocycles. The van der Waals surface area contributed by atoms with Gasteiger partial charge >= 0.3 is 6.03 Å². The highest BCUT2D eigenvalue weighted by molar-refractivity contribution is 6.14. The van der Waals surface area contributed by atoms with Crippen LogP contribution in [-0.4, -0.2) is 79.3 Å². The summed E-state index contributed by atoms with van der Waals surface area (Å²) in [7, 11) is 2.03. The third kappa shape index (κ3) is 5.51. The summed E-state index contributed by atoms with van der Waals surface area (Å²) in [5, 5.41) is 5.45. The molecule has 0 radical (unpaired) electrons. The molecule has 9 heteroatoms. The van der Waals surface area contributed by atoms with Crippen molar-refractivity contribution in [2.75, 3.05) is 50.0 Å². The molecule has 0 saturated carbocycles. The molecule has 0 bridgehead atoms. The maximum absolute atomic E-state index is 13.7. The highest BCUT2D eigenvalue weighted by Gasteiger charge is 2.35. The Balaban J connectivity index is 1.59. The molecule has 1 fully saturated rings. The first-order valence-electron chi connectivity index (χ1n) is 11.8. The van der Waals surface area contributed by atoms with E-state index in [9.17, 15) is 14.4 Å². The smallest absolute Gasteiger partial charge is 0.321 e. The molecule has 2 aromatic rings. The van der Waals surface area contributed by atoms with Crippen LogP contribution in [0.5, 0.6) is 0 Å². The standard InChI is InChI=1S/C26H32N6O3/c1-17-7-5-9-20(15-17)28-26(35)29-24-25(34)32(16-22(33)31-13-11-30(4)12-14-31)23-18(2)8-6-10-21(23)19(3)27-24/h5-10,15,24H,11-14,16H2,1-4H3,(H2,28,29,35). The third-order valence-electron chi connectivity index (χ3n) is 6.41. The molecule has 2 aromatic carbocycles. The zero-order valence-corrected chi connectivity index (χ0v) is 20.7. The lowest BCUT2D eigenvalue weighted by Crippen LogP contribution is -2.54. The van der Waals surface area contributed by atoms with E-state index in [0.29, 0.717) is 30.2 Å². The van der Waals surface area contributed by atoms with E-state index >= 15 is 0 Å². The summed E-state index contributed by atoms with van der Waals surface area (Å²) in [6.45, 7) is 8.36. The Kier molecular flexibility index (Phi) is 7.16. The molecule has 2 N–H and O–H groups in total. The third-order valence-corrected chi connectivity index (χ3v) is 6.41. The minimum Gasteiger partial charge on any atom is -0.339 e. The minimum atomic E-state index is -1.16. The minimum absolute atomic E-state index is 0.110. The van der Waals surface area contributed by atoms with Gasteiger partial charge in [0.1, 0.15) is 6.54 Å². The molecule has 2 aliphatic rings. The lowest BCUT2D eigenvalue weighted by atomic mass is 10.0. The Morgan fingerprint density at radius 2 is 1.74 bits per heavy atom. The molecule has 1 saturated heterocycles. The summed E-state index contributed by atoms with van der Waals surface area (Å²) in [4.78, 5) is 49.7. The van der Waals surface area contributed by atoms with Crippen LogP contribution in [0.2, 0.25) is 0 Å². The number of urea groups is 1. The lowest BCUT2D eigenvalue weighted by Gasteiger charge is -2.34. The normalized spacial score (nSPS) is 18.5. The average Bonchev–Trinajstić information content (AvgIpc) is 2.90. The molecule has 2 aliphatic heterocycles. The number of benzene rings is 2. The van der Waals surface area contributed by atoms with Crippen LogP contribution in [0.15, 0.2) is 47.5 Å². The SMILES string of the molecule is CC1=NC(NC(=O)Nc2cccc(C)c2)C(=O)N(CC(=O)N2CCN(C)CC2)c2c(C)cccc21. The summed E-state index contributed by atoms with van der Waals surface area (Å²) in [5.41, 5.74) is 4.53. The second-order valence-electron chi connectivity index (χ2n) is 9.16. The summed E-state index contributed by atoms with van der Waals surface area (Å²) >= 11 is 0. The van der Waals surface area contributed by atoms with Gasteiger partial charge in [-0.1, -0.05) is 30.3 Å². The predicted octanol–water partition coefficient (Wildman–Crippen LogP) is 2.38. The summed E-state index contributed by atoms with van der Waals surface area (Å²) < 4.78 is 0. The van der Waals surface area contributed by atoms with E-state index < -0.39 is 18.1 Å². The van der Waals surface area contributed by atoms with Gasteiger partial charge in [-0.3, -0.25) is 19.5 Å². The Morgan fingerprint density at radius 3 is 2.46 bits per heavy atom. The van der Waals surface area contributed by atoms with Crippen molar-refractivity contribution in [1.29, 1.82) is 0 Å². The maximum Gasteiger partial charge on any atom is 0.321 e. The Labute approximate surface area is 205 Å². The number of anilines is 2. The quantitative estimate of drug-likeness (QED) is 0.708. The van der Waals surface area contributed by atoms with Crippen LogP contribution < -0.4 is 15.5 Å². The lowest BCUT2D eigenvalue weighted by molar-refractivity contribution is -0.133. The number of piperazine rings is 1. The Hall–Kier alpha value is -3.72. The van der Waals surface area contributed by atoms with E-state index in [1.54, 1.807) is 11.0 Å². The first-order valence-corrected chi connectivity index (χ1v) is 11.8. The fourth-order valence-electron chi connectivity index (χ4n) is 4.44. The number of rotatable bonds is 4. The van der Waals surface area contributed by atoms with Gasteiger partial charge in [0.25, 0.3) is 5.91 Å². The van der Waals surface area contributed by atoms with Gasteiger partial charge in [0.05, 0.1) is 5.69 Å². The molecular formula is C26H32N6O3. The number of nitrogens with zero attached hydrogens (tertiary/aromatic N) is 4. The van der Waals surface area contributed by atoms with Gasteiger partial charge in [-0.05, 0) is 51.1 Å². The van der Waals surface area contributed by atoms with Crippen molar-refractivity contribution in [3.8, 4) is 0 Å². The van der Waals surface area contributed by atoms with Crippen LogP contribution in [0.4, 0.5) is 16.2 Å². The Morgan fingerprint density at radius 1 is 1.03 bits per heavy atom. The molecule has 1 atom stereocenters. The van der Waals surface area contributed by atoms with E-state index in [2.05, 4.69) is 20.5 Å². The molecule has 4 amide bonds. The van der Waals surface area contributed by atoms with Crippen LogP contribution in [0.3, 0.4) is 0 Å². The number of carbonyl (C=O) groups is 3. The van der Waals surface area contributed by atoms with Gasteiger partial charge in [-0.2, -0.15) is 0 Å². The number of hydrogen-bond donors (Lipinski definition) is 2. The van der Waals surface area contributed by atoms with Gasteiger partial charge in [0.15, 0.2) is 0 Å². The van der Waals surface area contributed by atoms with Gasteiger partial charge in [0.2, 0.25) is 12.1 Å². The van der Waals surface area contributed by atoms with E-state index in [1.165, 1.54) is 4.90 Å². The molecule has 1 unspecified atom stereocenters. The zero-order chi connectivity index (χ0) is 25.1. The Bertz CT molecular complexity index is 1170. The van der Waals surface area contributed by atoms with E-state index in [0.717, 1.165) is 29.8 Å². The predicted molar refractivity (Wildman–Crippen MR) is 137 cm³/mol. The number of aryl methyl sites for hydroxylation is 2. The number of amides is 4. The van der Waals surface area contributed by atoms with Crippen molar-refractivity contribution in [1.82, 2.24) is 15.1 Å². The molecule has 0 spiro atoms. The molecule has 0 aromatic heterocycles. The number of para-hydroxylation sites is 1. The topological polar surface area (TPSA) is 97.3 Å². The highest BCUT2D eigenvalue weighted by atomic mass is 16.2. The number of aliphatic imine (C=N–C) groups is 1. The van der Waals surface area contributed by atoms with Crippen LogP contribution in [-0.2, 0) is 9.59 Å². The largest absolute Gasteiger partial charge is 0.339 e. The summed E-state index contributed by atoms with van der Waals surface area (Å²) in [5.74, 6) is -0.567. The molecule has 184 valence electrons. The van der Waals surface area contributed by atoms with Crippen LogP contribution >= 0.6 is 0 Å². The monoisotopic (exact) mass is 476 g/mol. The zero-order valence-electron chi connectivity index (χ0n) is 20.7. The molecule has 35 heavy (non-hydrogen) atoms. The number of carbonyl (C=O) groups excluding carboxylic acids is 3. The molecular weight excluding hydrogens is 444 g/mol. The fourth-order valence-corrected chi connectivity index (χ4v) is 4.44. The van der Waals surface area contributed by atoms with E-state index in [-0.39, 0.29) is 12.5 Å². The van der Waals surface area contributed by atoms with Gasteiger partial charge < -0.3 is 20.4 Å². The van der Waals surface area contributed by atoms with Crippen LogP contribution in [0.25, 0.3) is 0 Å². The van der Waals surface area contributed by atoms with Crippen molar-refractivity contribution >= 4 is 34.9 Å². The van der Waals surface area contributed by atoms with Crippen LogP contribution in [0, 0.1) is 13.8 Å². The summed E-state index contributed by atoms with van der Waals surface area (Å²) in [6.07, 6.45) is -1.16. The van der Waals surface area contributed by atoms with Gasteiger partial charge in [-0.15, -0.1) is 0 Å². The number of nitrogens with one attached hydrogen (secondary N) is 2. The van der Waals surface area contributed by atoms with Crippen molar-refractivity contribution in [3.63, 3.8) is 0 Å². The molecule has 9 nitrogen and oxygen atoms in total. The second-order valence-corrected chi connectivity index (χ2v) is 9.16. The number of likely N-dealkylation sites (N-methyl/N-ethyl adjacent to an activating group) is 1. The fraction of sp³-hybridized carbons (Fsp3) is 0.385. The summed E-state index contributed by atoms with van der Waals surface area (Å²) in [6, 6.07) is 12.5. The van der Waals surface area contributed by atoms with Crippen molar-refractivity contribution in [2.45, 2.75) is 26.9 Å². The van der Waals surface area contributed by atoms with Gasteiger partial charge in [0, 0.05) is 43.1 Å². The maximum atomic E-state index is 13.7. The second kappa shape index (κ2) is 10.3. The first kappa shape index (κ1) is 24.4. The van der Waals surface area contributed by atoms with Crippen LogP contribution in [0.1, 0.15) is 23.6 Å². The number of hydrogen-bond acceptors (Lipinski definition) is 5. The van der Waals surface area contributed by atoms with E-state index in [1.807, 2.05) is 64.2 Å². The van der Waals surface area contributed by atoms with E-state index in [4.69, 9.17) is 0 Å². The molecule has 4 rings (SSSR count). The molecule has 0 aliphatic carbocycles. The van der Waals surface area contributed by atoms with Crippen molar-refractivity contribution < 1.29 is 14.4 Å².